The van der Waals surface area contributed by atoms with Gasteiger partial charge in [-0.15, -0.1) is 0 Å². The van der Waals surface area contributed by atoms with Gasteiger partial charge in [-0.25, -0.2) is 4.79 Å². The molecule has 1 aliphatic heterocycles. The Morgan fingerprint density at radius 1 is 1.24 bits per heavy atom. The van der Waals surface area contributed by atoms with Crippen LogP contribution in [0, 0.1) is 6.92 Å². The molecule has 2 heterocycles. The third kappa shape index (κ3) is 2.84. The third-order valence-electron chi connectivity index (χ3n) is 4.09. The maximum Gasteiger partial charge on any atom is 0.340 e. The number of nitrogens with one attached hydrogen (secondary N) is 1. The predicted molar refractivity (Wildman–Crippen MR) is 90.5 cm³/mol. The number of pyridine rings is 1. The number of aromatic nitrogens is 1. The van der Waals surface area contributed by atoms with E-state index in [9.17, 15) is 9.59 Å². The standard InChI is InChI=1S/C18H18N2O5/c1-9-8-12-14(17(21)20-9)13(10-4-6-11(23-2)7-5-10)15(16(19)25-12)18(22)24-3/h4-8,13H,19H2,1-3H3,(H,20,21). The Labute approximate surface area is 144 Å². The zero-order valence-electron chi connectivity index (χ0n) is 14.1. The van der Waals surface area contributed by atoms with Crippen LogP contribution in [0.4, 0.5) is 0 Å². The van der Waals surface area contributed by atoms with Gasteiger partial charge >= 0.3 is 5.97 Å². The van der Waals surface area contributed by atoms with Gasteiger partial charge in [-0.3, -0.25) is 4.79 Å². The van der Waals surface area contributed by atoms with E-state index in [2.05, 4.69) is 4.98 Å². The molecular formula is C18H18N2O5. The first-order valence-corrected chi connectivity index (χ1v) is 7.59. The maximum atomic E-state index is 12.6. The Kier molecular flexibility index (Phi) is 4.22. The normalized spacial score (nSPS) is 16.0. The lowest BCUT2D eigenvalue weighted by Gasteiger charge is -2.27. The first kappa shape index (κ1) is 16.6. The average Bonchev–Trinajstić information content (AvgIpc) is 2.59. The van der Waals surface area contributed by atoms with Crippen molar-refractivity contribution in [3.8, 4) is 11.5 Å². The molecule has 0 radical (unpaired) electrons. The molecule has 0 saturated heterocycles. The summed E-state index contributed by atoms with van der Waals surface area (Å²) in [5.74, 6) is -0.446. The topological polar surface area (TPSA) is 104 Å². The third-order valence-corrected chi connectivity index (χ3v) is 4.09. The Hall–Kier alpha value is -3.22. The lowest BCUT2D eigenvalue weighted by atomic mass is 9.83. The smallest absolute Gasteiger partial charge is 0.340 e. The molecule has 1 aromatic carbocycles. The lowest BCUT2D eigenvalue weighted by molar-refractivity contribution is -0.136. The van der Waals surface area contributed by atoms with Crippen LogP contribution in [-0.2, 0) is 9.53 Å². The number of fused-ring (bicyclic) bond motifs is 1. The van der Waals surface area contributed by atoms with Crippen LogP contribution in [0.1, 0.15) is 22.7 Å². The number of aromatic amines is 1. The van der Waals surface area contributed by atoms with E-state index < -0.39 is 11.9 Å². The number of hydrogen-bond acceptors (Lipinski definition) is 6. The fraction of sp³-hybridized carbons (Fsp3) is 0.222. The summed E-state index contributed by atoms with van der Waals surface area (Å²) in [6, 6.07) is 8.71. The Morgan fingerprint density at radius 3 is 2.52 bits per heavy atom. The quantitative estimate of drug-likeness (QED) is 0.821. The number of hydrogen-bond donors (Lipinski definition) is 2. The number of benzene rings is 1. The van der Waals surface area contributed by atoms with Gasteiger partial charge in [-0.1, -0.05) is 12.1 Å². The monoisotopic (exact) mass is 342 g/mol. The molecule has 1 atom stereocenters. The highest BCUT2D eigenvalue weighted by Crippen LogP contribution is 2.41. The Balaban J connectivity index is 2.26. The predicted octanol–water partition coefficient (Wildman–Crippen LogP) is 1.56. The van der Waals surface area contributed by atoms with Gasteiger partial charge < -0.3 is 24.9 Å². The molecule has 130 valence electrons. The van der Waals surface area contributed by atoms with Gasteiger partial charge in [0.05, 0.1) is 25.7 Å². The molecule has 0 fully saturated rings. The molecular weight excluding hydrogens is 324 g/mol. The van der Waals surface area contributed by atoms with Crippen molar-refractivity contribution in [3.63, 3.8) is 0 Å². The maximum absolute atomic E-state index is 12.6. The molecule has 1 aromatic heterocycles. The zero-order valence-corrected chi connectivity index (χ0v) is 14.1. The summed E-state index contributed by atoms with van der Waals surface area (Å²) in [5, 5.41) is 0. The number of ether oxygens (including phenoxy) is 3. The van der Waals surface area contributed by atoms with Crippen LogP contribution >= 0.6 is 0 Å². The molecule has 0 bridgehead atoms. The van der Waals surface area contributed by atoms with Gasteiger partial charge in [0.1, 0.15) is 17.1 Å². The number of carbonyl (C=O) groups excluding carboxylic acids is 1. The van der Waals surface area contributed by atoms with Crippen molar-refractivity contribution in [1.29, 1.82) is 0 Å². The van der Waals surface area contributed by atoms with Crippen molar-refractivity contribution in [1.82, 2.24) is 4.98 Å². The molecule has 0 aliphatic carbocycles. The van der Waals surface area contributed by atoms with Crippen molar-refractivity contribution in [2.75, 3.05) is 14.2 Å². The molecule has 3 rings (SSSR count). The number of esters is 1. The minimum Gasteiger partial charge on any atom is -0.497 e. The fourth-order valence-electron chi connectivity index (χ4n) is 2.94. The summed E-state index contributed by atoms with van der Waals surface area (Å²) in [7, 11) is 2.81. The van der Waals surface area contributed by atoms with Gasteiger partial charge in [0.2, 0.25) is 5.88 Å². The first-order valence-electron chi connectivity index (χ1n) is 7.59. The number of carbonyl (C=O) groups is 1. The summed E-state index contributed by atoms with van der Waals surface area (Å²) in [6.07, 6.45) is 0. The summed E-state index contributed by atoms with van der Waals surface area (Å²) in [5.41, 5.74) is 7.36. The van der Waals surface area contributed by atoms with Gasteiger partial charge in [0, 0.05) is 11.8 Å². The van der Waals surface area contributed by atoms with Crippen LogP contribution in [0.25, 0.3) is 0 Å². The van der Waals surface area contributed by atoms with E-state index in [1.54, 1.807) is 44.4 Å². The summed E-state index contributed by atoms with van der Waals surface area (Å²) >= 11 is 0. The number of aryl methyl sites for hydroxylation is 1. The van der Waals surface area contributed by atoms with E-state index in [0.717, 1.165) is 0 Å². The molecule has 0 spiro atoms. The van der Waals surface area contributed by atoms with E-state index in [4.69, 9.17) is 19.9 Å². The highest BCUT2D eigenvalue weighted by atomic mass is 16.5. The van der Waals surface area contributed by atoms with Crippen molar-refractivity contribution in [2.24, 2.45) is 5.73 Å². The summed E-state index contributed by atoms with van der Waals surface area (Å²) < 4.78 is 15.5. The number of H-pyrrole nitrogens is 1. The van der Waals surface area contributed by atoms with E-state index >= 15 is 0 Å². The molecule has 1 aliphatic rings. The molecule has 7 heteroatoms. The molecule has 0 saturated carbocycles. The van der Waals surface area contributed by atoms with E-state index in [-0.39, 0.29) is 17.0 Å². The number of rotatable bonds is 3. The van der Waals surface area contributed by atoms with Crippen LogP contribution in [0.15, 0.2) is 46.6 Å². The van der Waals surface area contributed by atoms with E-state index in [1.165, 1.54) is 7.11 Å². The van der Waals surface area contributed by atoms with Gasteiger partial charge in [0.25, 0.3) is 5.56 Å². The molecule has 7 nitrogen and oxygen atoms in total. The van der Waals surface area contributed by atoms with Crippen molar-refractivity contribution >= 4 is 5.97 Å². The SMILES string of the molecule is COC(=O)C1=C(N)Oc2cc(C)[nH]c(=O)c2C1c1ccc(OC)cc1. The second kappa shape index (κ2) is 6.35. The van der Waals surface area contributed by atoms with Crippen LogP contribution in [-0.4, -0.2) is 25.2 Å². The van der Waals surface area contributed by atoms with Crippen molar-refractivity contribution < 1.29 is 19.0 Å². The van der Waals surface area contributed by atoms with Gasteiger partial charge in [-0.05, 0) is 24.6 Å². The lowest BCUT2D eigenvalue weighted by Crippen LogP contribution is -2.31. The Bertz CT molecular complexity index is 912. The highest BCUT2D eigenvalue weighted by molar-refractivity contribution is 5.92. The molecule has 0 amide bonds. The average molecular weight is 342 g/mol. The number of methoxy groups -OCH3 is 2. The number of nitrogens with two attached hydrogens (primary N) is 1. The van der Waals surface area contributed by atoms with E-state index in [0.29, 0.717) is 28.3 Å². The Morgan fingerprint density at radius 2 is 1.92 bits per heavy atom. The first-order chi connectivity index (χ1) is 12.0. The van der Waals surface area contributed by atoms with Crippen LogP contribution < -0.4 is 20.8 Å². The molecule has 2 aromatic rings. The highest BCUT2D eigenvalue weighted by Gasteiger charge is 2.37. The van der Waals surface area contributed by atoms with Crippen LogP contribution in [0.2, 0.25) is 0 Å². The van der Waals surface area contributed by atoms with Crippen molar-refractivity contribution in [3.05, 3.63) is 69.0 Å². The van der Waals surface area contributed by atoms with E-state index in [1.807, 2.05) is 0 Å². The van der Waals surface area contributed by atoms with Crippen molar-refractivity contribution in [2.45, 2.75) is 12.8 Å². The second-order valence-corrected chi connectivity index (χ2v) is 5.64. The fourth-order valence-corrected chi connectivity index (χ4v) is 2.94. The zero-order chi connectivity index (χ0) is 18.1. The van der Waals surface area contributed by atoms with Crippen LogP contribution in [0.3, 0.4) is 0 Å². The molecule has 3 N–H and O–H groups in total. The minimum absolute atomic E-state index is 0.0785. The second-order valence-electron chi connectivity index (χ2n) is 5.64. The van der Waals surface area contributed by atoms with Gasteiger partial charge in [-0.2, -0.15) is 0 Å². The largest absolute Gasteiger partial charge is 0.497 e. The molecule has 1 unspecified atom stereocenters. The summed E-state index contributed by atoms with van der Waals surface area (Å²) in [6.45, 7) is 1.74. The summed E-state index contributed by atoms with van der Waals surface area (Å²) in [4.78, 5) is 27.6. The minimum atomic E-state index is -0.702. The molecule has 25 heavy (non-hydrogen) atoms. The van der Waals surface area contributed by atoms with Gasteiger partial charge in [0.15, 0.2) is 0 Å². The van der Waals surface area contributed by atoms with Crippen LogP contribution in [0.5, 0.6) is 11.5 Å².